The van der Waals surface area contributed by atoms with E-state index in [4.69, 9.17) is 0 Å². The maximum absolute atomic E-state index is 12.7. The average molecular weight is 415 g/mol. The minimum absolute atomic E-state index is 0.00766. The number of nitrogens with zero attached hydrogens (tertiary/aromatic N) is 2. The van der Waals surface area contributed by atoms with Gasteiger partial charge in [0, 0.05) is 49.7 Å². The molecule has 0 saturated carbocycles. The molecular weight excluding hydrogens is 376 g/mol. The molecule has 6 nitrogen and oxygen atoms in total. The van der Waals surface area contributed by atoms with Gasteiger partial charge in [-0.05, 0) is 70.7 Å². The molecule has 0 unspecified atom stereocenters. The largest absolute Gasteiger partial charge is 0.351 e. The molecule has 1 aromatic rings. The van der Waals surface area contributed by atoms with Gasteiger partial charge in [0.15, 0.2) is 0 Å². The van der Waals surface area contributed by atoms with Crippen LogP contribution >= 0.6 is 0 Å². The fraction of sp³-hybridized carbons (Fsp3) is 0.667. The first-order chi connectivity index (χ1) is 14.4. The second-order valence-corrected chi connectivity index (χ2v) is 9.15. The topological polar surface area (TPSA) is 64.7 Å². The van der Waals surface area contributed by atoms with Gasteiger partial charge in [0.1, 0.15) is 0 Å². The Balaban J connectivity index is 1.54. The monoisotopic (exact) mass is 414 g/mol. The van der Waals surface area contributed by atoms with E-state index in [0.717, 1.165) is 38.0 Å². The summed E-state index contributed by atoms with van der Waals surface area (Å²) in [5.41, 5.74) is 1.86. The zero-order chi connectivity index (χ0) is 21.5. The first kappa shape index (κ1) is 22.6. The van der Waals surface area contributed by atoms with Crippen LogP contribution in [-0.4, -0.2) is 66.5 Å². The van der Waals surface area contributed by atoms with Gasteiger partial charge in [-0.15, -0.1) is 0 Å². The Morgan fingerprint density at radius 1 is 1.13 bits per heavy atom. The average Bonchev–Trinajstić information content (AvgIpc) is 2.75. The number of piperidine rings is 2. The van der Waals surface area contributed by atoms with E-state index in [2.05, 4.69) is 28.5 Å². The molecule has 2 N–H and O–H groups in total. The summed E-state index contributed by atoms with van der Waals surface area (Å²) in [6, 6.07) is 8.70. The predicted octanol–water partition coefficient (Wildman–Crippen LogP) is 3.59. The first-order valence-corrected chi connectivity index (χ1v) is 11.6. The highest BCUT2D eigenvalue weighted by Crippen LogP contribution is 2.27. The number of hydrogen-bond acceptors (Lipinski definition) is 3. The lowest BCUT2D eigenvalue weighted by atomic mass is 9.89. The number of nitrogens with one attached hydrogen (secondary N) is 2. The van der Waals surface area contributed by atoms with Crippen molar-refractivity contribution in [1.82, 2.24) is 20.4 Å². The third-order valence-corrected chi connectivity index (χ3v) is 6.37. The van der Waals surface area contributed by atoms with E-state index in [1.54, 1.807) is 0 Å². The Labute approximate surface area is 181 Å². The Bertz CT molecular complexity index is 721. The Kier molecular flexibility index (Phi) is 8.14. The molecule has 2 saturated heterocycles. The standard InChI is InChI=1S/C24H38N4O2/c1-18(2)26-24(30)28-14-7-11-22(17-28)20-9-6-10-21(16-20)23(29)25-12-15-27-13-5-4-8-19(27)3/h6,9-10,16,18-19,22H,4-5,7-8,11-15,17H2,1-3H3,(H,25,29)(H,26,30)/t19-,22+/m0/s1. The Hall–Kier alpha value is -2.08. The van der Waals surface area contributed by atoms with Crippen LogP contribution in [0, 0.1) is 0 Å². The lowest BCUT2D eigenvalue weighted by Gasteiger charge is -2.33. The van der Waals surface area contributed by atoms with Gasteiger partial charge in [0.05, 0.1) is 0 Å². The van der Waals surface area contributed by atoms with Gasteiger partial charge in [0.2, 0.25) is 0 Å². The van der Waals surface area contributed by atoms with Gasteiger partial charge < -0.3 is 15.5 Å². The summed E-state index contributed by atoms with van der Waals surface area (Å²) in [7, 11) is 0. The van der Waals surface area contributed by atoms with Crippen LogP contribution in [0.4, 0.5) is 4.79 Å². The molecule has 166 valence electrons. The molecule has 0 aromatic heterocycles. The number of likely N-dealkylation sites (tertiary alicyclic amines) is 2. The van der Waals surface area contributed by atoms with Crippen LogP contribution in [0.5, 0.6) is 0 Å². The summed E-state index contributed by atoms with van der Waals surface area (Å²) >= 11 is 0. The van der Waals surface area contributed by atoms with Gasteiger partial charge in [-0.1, -0.05) is 18.6 Å². The molecule has 3 amide bonds. The molecular formula is C24H38N4O2. The van der Waals surface area contributed by atoms with Gasteiger partial charge in [-0.25, -0.2) is 4.79 Å². The smallest absolute Gasteiger partial charge is 0.317 e. The zero-order valence-corrected chi connectivity index (χ0v) is 18.8. The number of benzene rings is 1. The number of carbonyl (C=O) groups excluding carboxylic acids is 2. The number of amides is 3. The minimum atomic E-state index is -0.00766. The van der Waals surface area contributed by atoms with E-state index < -0.39 is 0 Å². The van der Waals surface area contributed by atoms with Crippen LogP contribution in [0.25, 0.3) is 0 Å². The summed E-state index contributed by atoms with van der Waals surface area (Å²) in [4.78, 5) is 29.4. The summed E-state index contributed by atoms with van der Waals surface area (Å²) < 4.78 is 0. The van der Waals surface area contributed by atoms with Gasteiger partial charge in [0.25, 0.3) is 5.91 Å². The van der Waals surface area contributed by atoms with Crippen molar-refractivity contribution in [3.63, 3.8) is 0 Å². The molecule has 0 bridgehead atoms. The van der Waals surface area contributed by atoms with Crippen LogP contribution in [0.1, 0.15) is 74.7 Å². The van der Waals surface area contributed by atoms with Crippen molar-refractivity contribution < 1.29 is 9.59 Å². The fourth-order valence-corrected chi connectivity index (χ4v) is 4.61. The van der Waals surface area contributed by atoms with Crippen molar-refractivity contribution in [2.45, 2.75) is 70.9 Å². The third-order valence-electron chi connectivity index (χ3n) is 6.37. The molecule has 1 aromatic carbocycles. The molecule has 0 spiro atoms. The van der Waals surface area contributed by atoms with Crippen LogP contribution in [-0.2, 0) is 0 Å². The normalized spacial score (nSPS) is 22.7. The Morgan fingerprint density at radius 2 is 1.97 bits per heavy atom. The molecule has 2 fully saturated rings. The highest BCUT2D eigenvalue weighted by atomic mass is 16.2. The predicted molar refractivity (Wildman–Crippen MR) is 121 cm³/mol. The quantitative estimate of drug-likeness (QED) is 0.748. The van der Waals surface area contributed by atoms with Gasteiger partial charge >= 0.3 is 6.03 Å². The highest BCUT2D eigenvalue weighted by molar-refractivity contribution is 5.94. The minimum Gasteiger partial charge on any atom is -0.351 e. The maximum Gasteiger partial charge on any atom is 0.317 e. The highest BCUT2D eigenvalue weighted by Gasteiger charge is 2.25. The molecule has 2 aliphatic heterocycles. The summed E-state index contributed by atoms with van der Waals surface area (Å²) in [6.45, 7) is 10.5. The van der Waals surface area contributed by atoms with E-state index in [0.29, 0.717) is 24.7 Å². The van der Waals surface area contributed by atoms with E-state index >= 15 is 0 Å². The van der Waals surface area contributed by atoms with Crippen molar-refractivity contribution in [2.24, 2.45) is 0 Å². The fourth-order valence-electron chi connectivity index (χ4n) is 4.61. The van der Waals surface area contributed by atoms with Crippen molar-refractivity contribution in [1.29, 1.82) is 0 Å². The van der Waals surface area contributed by atoms with E-state index in [-0.39, 0.29) is 23.9 Å². The molecule has 6 heteroatoms. The number of carbonyl (C=O) groups is 2. The zero-order valence-electron chi connectivity index (χ0n) is 18.8. The molecule has 2 heterocycles. The Morgan fingerprint density at radius 3 is 2.73 bits per heavy atom. The lowest BCUT2D eigenvalue weighted by molar-refractivity contribution is 0.0938. The SMILES string of the molecule is CC(C)NC(=O)N1CCC[C@@H](c2cccc(C(=O)NCCN3CCCC[C@@H]3C)c2)C1. The number of rotatable bonds is 6. The van der Waals surface area contributed by atoms with E-state index in [1.807, 2.05) is 36.9 Å². The van der Waals surface area contributed by atoms with Crippen LogP contribution in [0.3, 0.4) is 0 Å². The molecule has 2 atom stereocenters. The summed E-state index contributed by atoms with van der Waals surface area (Å²) in [5, 5.41) is 6.08. The molecule has 0 radical (unpaired) electrons. The first-order valence-electron chi connectivity index (χ1n) is 11.6. The van der Waals surface area contributed by atoms with E-state index in [1.165, 1.54) is 19.3 Å². The van der Waals surface area contributed by atoms with Crippen LogP contribution < -0.4 is 10.6 Å². The summed E-state index contributed by atoms with van der Waals surface area (Å²) in [5.74, 6) is 0.269. The van der Waals surface area contributed by atoms with Crippen molar-refractivity contribution in [3.8, 4) is 0 Å². The molecule has 3 rings (SSSR count). The summed E-state index contributed by atoms with van der Waals surface area (Å²) in [6.07, 6.45) is 5.86. The third kappa shape index (κ3) is 6.21. The molecule has 2 aliphatic rings. The van der Waals surface area contributed by atoms with Crippen LogP contribution in [0.2, 0.25) is 0 Å². The molecule has 30 heavy (non-hydrogen) atoms. The second kappa shape index (κ2) is 10.8. The van der Waals surface area contributed by atoms with E-state index in [9.17, 15) is 9.59 Å². The second-order valence-electron chi connectivity index (χ2n) is 9.15. The van der Waals surface area contributed by atoms with Gasteiger partial charge in [-0.3, -0.25) is 9.69 Å². The van der Waals surface area contributed by atoms with Crippen molar-refractivity contribution in [2.75, 3.05) is 32.7 Å². The maximum atomic E-state index is 12.7. The van der Waals surface area contributed by atoms with Crippen molar-refractivity contribution >= 4 is 11.9 Å². The molecule has 0 aliphatic carbocycles. The number of hydrogen-bond donors (Lipinski definition) is 2. The lowest BCUT2D eigenvalue weighted by Crippen LogP contribution is -2.47. The van der Waals surface area contributed by atoms with Gasteiger partial charge in [-0.2, -0.15) is 0 Å². The van der Waals surface area contributed by atoms with Crippen molar-refractivity contribution in [3.05, 3.63) is 35.4 Å². The number of urea groups is 1. The van der Waals surface area contributed by atoms with Crippen LogP contribution in [0.15, 0.2) is 24.3 Å².